The van der Waals surface area contributed by atoms with Crippen LogP contribution in [0.25, 0.3) is 0 Å². The van der Waals surface area contributed by atoms with Crippen LogP contribution < -0.4 is 15.4 Å². The van der Waals surface area contributed by atoms with Gasteiger partial charge in [0.05, 0.1) is 4.90 Å². The Bertz CT molecular complexity index is 659. The lowest BCUT2D eigenvalue weighted by molar-refractivity contribution is -0.121. The van der Waals surface area contributed by atoms with Crippen molar-refractivity contribution < 1.29 is 13.2 Å². The highest BCUT2D eigenvalue weighted by molar-refractivity contribution is 7.89. The van der Waals surface area contributed by atoms with Crippen LogP contribution in [0.2, 0.25) is 0 Å². The van der Waals surface area contributed by atoms with Gasteiger partial charge >= 0.3 is 0 Å². The van der Waals surface area contributed by atoms with E-state index in [4.69, 9.17) is 0 Å². The lowest BCUT2D eigenvalue weighted by Crippen LogP contribution is -2.48. The first kappa shape index (κ1) is 18.9. The molecule has 24 heavy (non-hydrogen) atoms. The standard InChI is InChI=1S/C17H27N3O3S/c1-17(2,3)14-4-6-15(7-5-14)24(22,23)20-9-8-16(21)19-12-13-10-18-11-13/h4-7,13,18,20H,8-12H2,1-3H3,(H,19,21). The summed E-state index contributed by atoms with van der Waals surface area (Å²) in [6.07, 6.45) is 0.138. The molecule has 1 saturated heterocycles. The molecule has 0 spiro atoms. The number of benzene rings is 1. The molecule has 0 unspecified atom stereocenters. The zero-order valence-electron chi connectivity index (χ0n) is 14.6. The first-order valence-electron chi connectivity index (χ1n) is 8.26. The molecule has 3 N–H and O–H groups in total. The minimum absolute atomic E-state index is 0.0240. The van der Waals surface area contributed by atoms with Crippen LogP contribution in [0.4, 0.5) is 0 Å². The summed E-state index contributed by atoms with van der Waals surface area (Å²) in [5, 5.41) is 5.96. The molecule has 6 nitrogen and oxygen atoms in total. The molecule has 0 radical (unpaired) electrons. The lowest BCUT2D eigenvalue weighted by Gasteiger charge is -2.27. The molecule has 0 aliphatic carbocycles. The predicted molar refractivity (Wildman–Crippen MR) is 94.3 cm³/mol. The summed E-state index contributed by atoms with van der Waals surface area (Å²) >= 11 is 0. The van der Waals surface area contributed by atoms with Gasteiger partial charge in [0.2, 0.25) is 15.9 Å². The molecule has 0 atom stereocenters. The number of hydrogen-bond acceptors (Lipinski definition) is 4. The van der Waals surface area contributed by atoms with Gasteiger partial charge in [-0.1, -0.05) is 32.9 Å². The maximum atomic E-state index is 12.2. The van der Waals surface area contributed by atoms with Crippen LogP contribution in [-0.2, 0) is 20.2 Å². The highest BCUT2D eigenvalue weighted by Crippen LogP contribution is 2.23. The number of carbonyl (C=O) groups excluding carboxylic acids is 1. The van der Waals surface area contributed by atoms with Gasteiger partial charge in [-0.25, -0.2) is 13.1 Å². The molecule has 1 aromatic carbocycles. The number of hydrogen-bond donors (Lipinski definition) is 3. The predicted octanol–water partition coefficient (Wildman–Crippen LogP) is 0.988. The topological polar surface area (TPSA) is 87.3 Å². The third-order valence-electron chi connectivity index (χ3n) is 4.13. The minimum Gasteiger partial charge on any atom is -0.356 e. The zero-order chi connectivity index (χ0) is 17.8. The SMILES string of the molecule is CC(C)(C)c1ccc(S(=O)(=O)NCCC(=O)NCC2CNC2)cc1. The van der Waals surface area contributed by atoms with Crippen LogP contribution in [0.1, 0.15) is 32.8 Å². The van der Waals surface area contributed by atoms with Gasteiger partial charge in [0.1, 0.15) is 0 Å². The van der Waals surface area contributed by atoms with Crippen molar-refractivity contribution in [3.8, 4) is 0 Å². The first-order chi connectivity index (χ1) is 11.2. The van der Waals surface area contributed by atoms with E-state index < -0.39 is 10.0 Å². The van der Waals surface area contributed by atoms with Gasteiger partial charge in [-0.05, 0) is 23.1 Å². The fourth-order valence-electron chi connectivity index (χ4n) is 2.36. The van der Waals surface area contributed by atoms with Crippen molar-refractivity contribution in [1.29, 1.82) is 0 Å². The molecular formula is C17H27N3O3S. The Morgan fingerprint density at radius 2 is 1.83 bits per heavy atom. The summed E-state index contributed by atoms with van der Waals surface area (Å²) in [7, 11) is -3.58. The Morgan fingerprint density at radius 3 is 2.33 bits per heavy atom. The summed E-state index contributed by atoms with van der Waals surface area (Å²) in [6.45, 7) is 8.83. The average molecular weight is 353 g/mol. The molecule has 134 valence electrons. The van der Waals surface area contributed by atoms with Crippen LogP contribution in [0.15, 0.2) is 29.2 Å². The summed E-state index contributed by atoms with van der Waals surface area (Å²) in [5.74, 6) is 0.361. The van der Waals surface area contributed by atoms with Crippen molar-refractivity contribution in [2.24, 2.45) is 5.92 Å². The van der Waals surface area contributed by atoms with Gasteiger partial charge in [0.15, 0.2) is 0 Å². The first-order valence-corrected chi connectivity index (χ1v) is 9.74. The minimum atomic E-state index is -3.58. The van der Waals surface area contributed by atoms with Crippen molar-refractivity contribution in [2.75, 3.05) is 26.2 Å². The zero-order valence-corrected chi connectivity index (χ0v) is 15.4. The second kappa shape index (κ2) is 7.63. The fourth-order valence-corrected chi connectivity index (χ4v) is 3.39. The van der Waals surface area contributed by atoms with Crippen molar-refractivity contribution in [3.63, 3.8) is 0 Å². The Balaban J connectivity index is 1.81. The summed E-state index contributed by atoms with van der Waals surface area (Å²) in [6, 6.07) is 6.86. The number of rotatable bonds is 7. The Labute approximate surface area is 144 Å². The summed E-state index contributed by atoms with van der Waals surface area (Å²) in [4.78, 5) is 11.9. The van der Waals surface area contributed by atoms with Gasteiger partial charge in [0, 0.05) is 38.5 Å². The molecule has 1 fully saturated rings. The quantitative estimate of drug-likeness (QED) is 0.682. The van der Waals surface area contributed by atoms with Crippen LogP contribution >= 0.6 is 0 Å². The molecule has 0 saturated carbocycles. The Kier molecular flexibility index (Phi) is 6.01. The third-order valence-corrected chi connectivity index (χ3v) is 5.61. The third kappa shape index (κ3) is 5.29. The molecule has 0 bridgehead atoms. The monoisotopic (exact) mass is 353 g/mol. The second-order valence-corrected chi connectivity index (χ2v) is 9.02. The van der Waals surface area contributed by atoms with Crippen molar-refractivity contribution in [2.45, 2.75) is 37.5 Å². The highest BCUT2D eigenvalue weighted by atomic mass is 32.2. The average Bonchev–Trinajstić information content (AvgIpc) is 2.44. The van der Waals surface area contributed by atoms with Crippen LogP contribution in [-0.4, -0.2) is 40.5 Å². The van der Waals surface area contributed by atoms with Crippen molar-refractivity contribution in [3.05, 3.63) is 29.8 Å². The van der Waals surface area contributed by atoms with Gasteiger partial charge in [0.25, 0.3) is 0 Å². The van der Waals surface area contributed by atoms with Crippen LogP contribution in [0, 0.1) is 5.92 Å². The van der Waals surface area contributed by atoms with Crippen molar-refractivity contribution in [1.82, 2.24) is 15.4 Å². The normalized spacial score (nSPS) is 15.8. The van der Waals surface area contributed by atoms with E-state index in [1.54, 1.807) is 12.1 Å². The van der Waals surface area contributed by atoms with Gasteiger partial charge in [-0.3, -0.25) is 4.79 Å². The Morgan fingerprint density at radius 1 is 1.21 bits per heavy atom. The maximum Gasteiger partial charge on any atom is 0.240 e. The molecule has 0 aromatic heterocycles. The summed E-state index contributed by atoms with van der Waals surface area (Å²) in [5.41, 5.74) is 1.05. The van der Waals surface area contributed by atoms with E-state index >= 15 is 0 Å². The number of nitrogens with one attached hydrogen (secondary N) is 3. The maximum absolute atomic E-state index is 12.2. The largest absolute Gasteiger partial charge is 0.356 e. The van der Waals surface area contributed by atoms with Crippen LogP contribution in [0.3, 0.4) is 0 Å². The molecule has 1 aliphatic rings. The van der Waals surface area contributed by atoms with E-state index in [9.17, 15) is 13.2 Å². The molecule has 1 aromatic rings. The molecule has 7 heteroatoms. The lowest BCUT2D eigenvalue weighted by atomic mass is 9.87. The van der Waals surface area contributed by atoms with E-state index in [0.717, 1.165) is 18.7 Å². The van der Waals surface area contributed by atoms with Gasteiger partial charge in [-0.15, -0.1) is 0 Å². The van der Waals surface area contributed by atoms with E-state index in [1.165, 1.54) is 0 Å². The fraction of sp³-hybridized carbons (Fsp3) is 0.588. The highest BCUT2D eigenvalue weighted by Gasteiger charge is 2.19. The molecule has 2 rings (SSSR count). The molecule has 1 heterocycles. The van der Waals surface area contributed by atoms with Gasteiger partial charge < -0.3 is 10.6 Å². The van der Waals surface area contributed by atoms with E-state index in [1.807, 2.05) is 12.1 Å². The van der Waals surface area contributed by atoms with E-state index in [2.05, 4.69) is 36.1 Å². The Hall–Kier alpha value is -1.44. The van der Waals surface area contributed by atoms with Gasteiger partial charge in [-0.2, -0.15) is 0 Å². The summed E-state index contributed by atoms with van der Waals surface area (Å²) < 4.78 is 27.0. The number of carbonyl (C=O) groups is 1. The van der Waals surface area contributed by atoms with E-state index in [-0.39, 0.29) is 29.2 Å². The van der Waals surface area contributed by atoms with Crippen molar-refractivity contribution >= 4 is 15.9 Å². The number of sulfonamides is 1. The van der Waals surface area contributed by atoms with Crippen LogP contribution in [0.5, 0.6) is 0 Å². The molecule has 1 amide bonds. The second-order valence-electron chi connectivity index (χ2n) is 7.25. The molecule has 1 aliphatic heterocycles. The molecular weight excluding hydrogens is 326 g/mol. The smallest absolute Gasteiger partial charge is 0.240 e. The van der Waals surface area contributed by atoms with E-state index in [0.29, 0.717) is 12.5 Å². The number of amides is 1.